The summed E-state index contributed by atoms with van der Waals surface area (Å²) in [7, 11) is 0. The van der Waals surface area contributed by atoms with E-state index in [9.17, 15) is 18.3 Å². The van der Waals surface area contributed by atoms with Crippen molar-refractivity contribution < 1.29 is 22.8 Å². The van der Waals surface area contributed by atoms with Crippen molar-refractivity contribution in [1.29, 1.82) is 0 Å². The minimum Gasteiger partial charge on any atom is -0.376 e. The molecule has 0 fully saturated rings. The van der Waals surface area contributed by atoms with Gasteiger partial charge in [0.25, 0.3) is 0 Å². The first-order valence-corrected chi connectivity index (χ1v) is 7.54. The number of benzene rings is 1. The molecule has 120 valence electrons. The Hall–Kier alpha value is -2.19. The zero-order valence-corrected chi connectivity index (χ0v) is 12.4. The second kappa shape index (κ2) is 5.78. The van der Waals surface area contributed by atoms with Crippen LogP contribution < -0.4 is 0 Å². The molecule has 23 heavy (non-hydrogen) atoms. The van der Waals surface area contributed by atoms with Gasteiger partial charge in [-0.05, 0) is 17.0 Å². The summed E-state index contributed by atoms with van der Waals surface area (Å²) < 4.78 is 45.1. The Kier molecular flexibility index (Phi) is 3.95. The third-order valence-corrected chi connectivity index (χ3v) is 4.06. The number of halogens is 3. The first-order chi connectivity index (χ1) is 10.9. The van der Waals surface area contributed by atoms with Crippen molar-refractivity contribution in [2.75, 3.05) is 0 Å². The molecule has 0 aliphatic rings. The summed E-state index contributed by atoms with van der Waals surface area (Å²) in [6, 6.07) is 8.58. The van der Waals surface area contributed by atoms with Crippen molar-refractivity contribution in [3.05, 3.63) is 58.6 Å². The van der Waals surface area contributed by atoms with Gasteiger partial charge in [0, 0.05) is 10.9 Å². The molecule has 0 bridgehead atoms. The zero-order valence-electron chi connectivity index (χ0n) is 11.6. The highest BCUT2D eigenvalue weighted by molar-refractivity contribution is 7.08. The molecule has 1 unspecified atom stereocenters. The zero-order chi connectivity index (χ0) is 16.5. The fourth-order valence-corrected chi connectivity index (χ4v) is 2.77. The first-order valence-electron chi connectivity index (χ1n) is 6.60. The van der Waals surface area contributed by atoms with E-state index < -0.39 is 18.2 Å². The topological polar surface area (TPSA) is 59.2 Å². The SMILES string of the molecule is OC(Cc1nc(-c2ccsc2)no1)(c1ccccc1)C(F)(F)F. The lowest BCUT2D eigenvalue weighted by Crippen LogP contribution is -2.44. The third kappa shape index (κ3) is 2.99. The van der Waals surface area contributed by atoms with E-state index >= 15 is 0 Å². The maximum Gasteiger partial charge on any atom is 0.421 e. The van der Waals surface area contributed by atoms with Crippen LogP contribution in [0.4, 0.5) is 13.2 Å². The second-order valence-electron chi connectivity index (χ2n) is 4.92. The van der Waals surface area contributed by atoms with Gasteiger partial charge in [-0.25, -0.2) is 0 Å². The number of thiophene rings is 1. The van der Waals surface area contributed by atoms with Gasteiger partial charge in [-0.3, -0.25) is 0 Å². The molecule has 0 saturated carbocycles. The molecule has 0 spiro atoms. The van der Waals surface area contributed by atoms with Gasteiger partial charge >= 0.3 is 6.18 Å². The lowest BCUT2D eigenvalue weighted by atomic mass is 9.89. The molecule has 8 heteroatoms. The highest BCUT2D eigenvalue weighted by atomic mass is 32.1. The average Bonchev–Trinajstić information content (AvgIpc) is 3.17. The monoisotopic (exact) mass is 340 g/mol. The quantitative estimate of drug-likeness (QED) is 0.785. The molecular formula is C15H11F3N2O2S. The number of alkyl halides is 3. The van der Waals surface area contributed by atoms with Crippen LogP contribution in [0.5, 0.6) is 0 Å². The molecule has 0 amide bonds. The van der Waals surface area contributed by atoms with Gasteiger partial charge < -0.3 is 9.63 Å². The molecule has 1 N–H and O–H groups in total. The van der Waals surface area contributed by atoms with Crippen molar-refractivity contribution in [3.8, 4) is 11.4 Å². The van der Waals surface area contributed by atoms with Crippen LogP contribution in [-0.4, -0.2) is 21.4 Å². The number of nitrogens with zero attached hydrogens (tertiary/aromatic N) is 2. The molecule has 0 radical (unpaired) electrons. The standard InChI is InChI=1S/C15H11F3N2O2S/c16-15(17,18)14(21,11-4-2-1-3-5-11)8-12-19-13(20-22-12)10-6-7-23-9-10/h1-7,9,21H,8H2. The molecule has 0 aliphatic heterocycles. The summed E-state index contributed by atoms with van der Waals surface area (Å²) in [5.74, 6) is -0.0892. The van der Waals surface area contributed by atoms with E-state index in [4.69, 9.17) is 4.52 Å². The van der Waals surface area contributed by atoms with Crippen molar-refractivity contribution in [2.45, 2.75) is 18.2 Å². The smallest absolute Gasteiger partial charge is 0.376 e. The third-order valence-electron chi connectivity index (χ3n) is 3.37. The van der Waals surface area contributed by atoms with E-state index in [1.807, 2.05) is 0 Å². The van der Waals surface area contributed by atoms with E-state index in [2.05, 4.69) is 10.1 Å². The normalized spacial score (nSPS) is 14.6. The highest BCUT2D eigenvalue weighted by Crippen LogP contribution is 2.41. The van der Waals surface area contributed by atoms with E-state index in [1.165, 1.54) is 35.6 Å². The van der Waals surface area contributed by atoms with Crippen LogP contribution in [0.25, 0.3) is 11.4 Å². The molecule has 2 aromatic heterocycles. The Balaban J connectivity index is 1.94. The molecule has 2 heterocycles. The first kappa shape index (κ1) is 15.7. The van der Waals surface area contributed by atoms with Gasteiger partial charge in [-0.1, -0.05) is 35.5 Å². The number of aliphatic hydroxyl groups is 1. The summed E-state index contributed by atoms with van der Waals surface area (Å²) in [6.07, 6.45) is -5.73. The fraction of sp³-hybridized carbons (Fsp3) is 0.200. The lowest BCUT2D eigenvalue weighted by Gasteiger charge is -2.29. The summed E-state index contributed by atoms with van der Waals surface area (Å²) in [4.78, 5) is 3.95. The second-order valence-corrected chi connectivity index (χ2v) is 5.70. The summed E-state index contributed by atoms with van der Waals surface area (Å²) in [6.45, 7) is 0. The summed E-state index contributed by atoms with van der Waals surface area (Å²) in [5.41, 5.74) is -2.71. The molecule has 4 nitrogen and oxygen atoms in total. The number of hydrogen-bond donors (Lipinski definition) is 1. The molecule has 0 saturated heterocycles. The van der Waals surface area contributed by atoms with E-state index in [-0.39, 0.29) is 17.3 Å². The van der Waals surface area contributed by atoms with E-state index in [0.29, 0.717) is 5.56 Å². The predicted octanol–water partition coefficient (Wildman–Crippen LogP) is 3.79. The van der Waals surface area contributed by atoms with Crippen LogP contribution in [0.3, 0.4) is 0 Å². The largest absolute Gasteiger partial charge is 0.421 e. The van der Waals surface area contributed by atoms with Crippen LogP contribution in [-0.2, 0) is 12.0 Å². The van der Waals surface area contributed by atoms with E-state index in [1.54, 1.807) is 22.9 Å². The van der Waals surface area contributed by atoms with Gasteiger partial charge in [0.2, 0.25) is 11.7 Å². The minimum atomic E-state index is -4.88. The highest BCUT2D eigenvalue weighted by Gasteiger charge is 2.55. The van der Waals surface area contributed by atoms with Crippen LogP contribution in [0.1, 0.15) is 11.5 Å². The number of aromatic nitrogens is 2. The number of hydrogen-bond acceptors (Lipinski definition) is 5. The van der Waals surface area contributed by atoms with Gasteiger partial charge in [-0.2, -0.15) is 29.5 Å². The lowest BCUT2D eigenvalue weighted by molar-refractivity contribution is -0.267. The Labute approximate surface area is 133 Å². The van der Waals surface area contributed by atoms with Crippen LogP contribution in [0, 0.1) is 0 Å². The maximum absolute atomic E-state index is 13.4. The molecule has 0 aliphatic carbocycles. The van der Waals surface area contributed by atoms with Crippen LogP contribution in [0.2, 0.25) is 0 Å². The molecular weight excluding hydrogens is 329 g/mol. The average molecular weight is 340 g/mol. The van der Waals surface area contributed by atoms with Gasteiger partial charge in [-0.15, -0.1) is 0 Å². The maximum atomic E-state index is 13.4. The molecule has 1 aromatic carbocycles. The van der Waals surface area contributed by atoms with Crippen LogP contribution in [0.15, 0.2) is 51.7 Å². The molecule has 3 rings (SSSR count). The van der Waals surface area contributed by atoms with Gasteiger partial charge in [0.05, 0.1) is 6.42 Å². The minimum absolute atomic E-state index is 0.193. The predicted molar refractivity (Wildman–Crippen MR) is 77.7 cm³/mol. The Morgan fingerprint density at radius 3 is 2.48 bits per heavy atom. The Morgan fingerprint density at radius 2 is 1.87 bits per heavy atom. The van der Waals surface area contributed by atoms with Gasteiger partial charge in [0.15, 0.2) is 5.60 Å². The fourth-order valence-electron chi connectivity index (χ4n) is 2.13. The Bertz CT molecular complexity index is 772. The summed E-state index contributed by atoms with van der Waals surface area (Å²) in [5, 5.41) is 17.5. The Morgan fingerprint density at radius 1 is 1.13 bits per heavy atom. The van der Waals surface area contributed by atoms with Crippen molar-refractivity contribution in [3.63, 3.8) is 0 Å². The van der Waals surface area contributed by atoms with Crippen molar-refractivity contribution in [1.82, 2.24) is 10.1 Å². The number of rotatable bonds is 4. The molecule has 1 atom stereocenters. The van der Waals surface area contributed by atoms with Gasteiger partial charge in [0.1, 0.15) is 0 Å². The van der Waals surface area contributed by atoms with E-state index in [0.717, 1.165) is 0 Å². The van der Waals surface area contributed by atoms with Crippen molar-refractivity contribution in [2.24, 2.45) is 0 Å². The molecule has 3 aromatic rings. The van der Waals surface area contributed by atoms with Crippen LogP contribution >= 0.6 is 11.3 Å². The van der Waals surface area contributed by atoms with Crippen molar-refractivity contribution >= 4 is 11.3 Å². The summed E-state index contributed by atoms with van der Waals surface area (Å²) >= 11 is 1.41.